The van der Waals surface area contributed by atoms with Crippen LogP contribution >= 0.6 is 0 Å². The number of aliphatic carboxylic acids is 2. The molecule has 0 aromatic rings. The highest BCUT2D eigenvalue weighted by Gasteiger charge is 2.36. The number of rotatable bonds is 6. The van der Waals surface area contributed by atoms with E-state index in [2.05, 4.69) is 19.9 Å². The molecule has 0 saturated heterocycles. The molecule has 4 unspecified atom stereocenters. The van der Waals surface area contributed by atoms with Crippen LogP contribution in [0, 0.1) is 23.7 Å². The molecule has 1 aliphatic carbocycles. The minimum atomic E-state index is -0.857. The second-order valence-electron chi connectivity index (χ2n) is 5.05. The zero-order valence-electron chi connectivity index (χ0n) is 11.0. The first-order valence-corrected chi connectivity index (χ1v) is 6.61. The first kappa shape index (κ1) is 14.7. The van der Waals surface area contributed by atoms with E-state index in [0.29, 0.717) is 5.92 Å². The Labute approximate surface area is 108 Å². The highest BCUT2D eigenvalue weighted by atomic mass is 16.4. The standard InChI is InChI=1S/C14H22O4/c1-3-9-5-6-10(7-13(15)16)12(8-14(17)18)11(9)4-2/h5-6,9-12H,3-4,7-8H2,1-2H3,(H,15,16)(H,17,18). The van der Waals surface area contributed by atoms with E-state index >= 15 is 0 Å². The van der Waals surface area contributed by atoms with E-state index in [1.165, 1.54) is 0 Å². The van der Waals surface area contributed by atoms with Crippen LogP contribution in [0.25, 0.3) is 0 Å². The van der Waals surface area contributed by atoms with Crippen molar-refractivity contribution in [1.82, 2.24) is 0 Å². The number of carbonyl (C=O) groups is 2. The fraction of sp³-hybridized carbons (Fsp3) is 0.714. The molecule has 0 radical (unpaired) electrons. The molecule has 0 fully saturated rings. The molecule has 1 rings (SSSR count). The Morgan fingerprint density at radius 1 is 0.889 bits per heavy atom. The minimum absolute atomic E-state index is 0.0291. The van der Waals surface area contributed by atoms with Gasteiger partial charge in [-0.3, -0.25) is 9.59 Å². The van der Waals surface area contributed by atoms with Gasteiger partial charge in [0.25, 0.3) is 0 Å². The van der Waals surface area contributed by atoms with Crippen LogP contribution in [-0.2, 0) is 9.59 Å². The maximum absolute atomic E-state index is 11.0. The van der Waals surface area contributed by atoms with Gasteiger partial charge in [0.2, 0.25) is 0 Å². The molecule has 4 heteroatoms. The predicted molar refractivity (Wildman–Crippen MR) is 68.2 cm³/mol. The molecular formula is C14H22O4. The Bertz CT molecular complexity index is 335. The summed E-state index contributed by atoms with van der Waals surface area (Å²) in [6, 6.07) is 0. The van der Waals surface area contributed by atoms with Gasteiger partial charge < -0.3 is 10.2 Å². The van der Waals surface area contributed by atoms with Gasteiger partial charge in [0.05, 0.1) is 6.42 Å². The summed E-state index contributed by atoms with van der Waals surface area (Å²) in [6.45, 7) is 4.15. The number of carboxylic acids is 2. The monoisotopic (exact) mass is 254 g/mol. The quantitative estimate of drug-likeness (QED) is 0.715. The van der Waals surface area contributed by atoms with Crippen LogP contribution in [0.1, 0.15) is 39.5 Å². The largest absolute Gasteiger partial charge is 0.481 e. The average molecular weight is 254 g/mol. The highest BCUT2D eigenvalue weighted by molar-refractivity contribution is 5.69. The third-order valence-corrected chi connectivity index (χ3v) is 4.02. The summed E-state index contributed by atoms with van der Waals surface area (Å²) in [5.74, 6) is -1.24. The van der Waals surface area contributed by atoms with E-state index in [9.17, 15) is 9.59 Å². The summed E-state index contributed by atoms with van der Waals surface area (Å²) in [5.41, 5.74) is 0. The zero-order chi connectivity index (χ0) is 13.7. The maximum Gasteiger partial charge on any atom is 0.303 e. The number of carboxylic acid groups (broad SMARTS) is 2. The minimum Gasteiger partial charge on any atom is -0.481 e. The zero-order valence-corrected chi connectivity index (χ0v) is 11.0. The number of hydrogen-bond donors (Lipinski definition) is 2. The third-order valence-electron chi connectivity index (χ3n) is 4.02. The maximum atomic E-state index is 11.0. The van der Waals surface area contributed by atoms with Gasteiger partial charge in [0, 0.05) is 6.42 Å². The van der Waals surface area contributed by atoms with Gasteiger partial charge in [0.1, 0.15) is 0 Å². The van der Waals surface area contributed by atoms with Crippen molar-refractivity contribution in [3.05, 3.63) is 12.2 Å². The lowest BCUT2D eigenvalue weighted by atomic mass is 9.66. The van der Waals surface area contributed by atoms with Crippen LogP contribution in [0.3, 0.4) is 0 Å². The molecule has 0 saturated carbocycles. The summed E-state index contributed by atoms with van der Waals surface area (Å²) in [5, 5.41) is 17.9. The van der Waals surface area contributed by atoms with Crippen molar-refractivity contribution in [1.29, 1.82) is 0 Å². The second-order valence-corrected chi connectivity index (χ2v) is 5.05. The molecule has 0 aromatic carbocycles. The van der Waals surface area contributed by atoms with E-state index in [1.807, 2.05) is 6.08 Å². The first-order valence-electron chi connectivity index (χ1n) is 6.61. The Balaban J connectivity index is 2.93. The van der Waals surface area contributed by atoms with Crippen LogP contribution in [-0.4, -0.2) is 22.2 Å². The molecule has 102 valence electrons. The van der Waals surface area contributed by atoms with Gasteiger partial charge in [-0.25, -0.2) is 0 Å². The molecule has 2 N–H and O–H groups in total. The van der Waals surface area contributed by atoms with E-state index < -0.39 is 11.9 Å². The number of allylic oxidation sites excluding steroid dienone is 2. The van der Waals surface area contributed by atoms with E-state index in [0.717, 1.165) is 12.8 Å². The third kappa shape index (κ3) is 3.59. The summed E-state index contributed by atoms with van der Waals surface area (Å²) in [7, 11) is 0. The molecule has 0 bridgehead atoms. The predicted octanol–water partition coefficient (Wildman–Crippen LogP) is 2.79. The fourth-order valence-electron chi connectivity index (χ4n) is 3.18. The van der Waals surface area contributed by atoms with Crippen molar-refractivity contribution in [3.8, 4) is 0 Å². The second kappa shape index (κ2) is 6.57. The van der Waals surface area contributed by atoms with Crippen LogP contribution in [0.2, 0.25) is 0 Å². The van der Waals surface area contributed by atoms with Gasteiger partial charge in [-0.1, -0.05) is 32.4 Å². The Hall–Kier alpha value is -1.32. The van der Waals surface area contributed by atoms with E-state index in [-0.39, 0.29) is 30.6 Å². The Kier molecular flexibility index (Phi) is 5.38. The molecule has 1 aliphatic rings. The summed E-state index contributed by atoms with van der Waals surface area (Å²) in [4.78, 5) is 21.8. The molecule has 0 aromatic heterocycles. The Morgan fingerprint density at radius 2 is 1.44 bits per heavy atom. The van der Waals surface area contributed by atoms with Crippen LogP contribution in [0.15, 0.2) is 12.2 Å². The summed E-state index contributed by atoms with van der Waals surface area (Å²) < 4.78 is 0. The molecule has 4 atom stereocenters. The van der Waals surface area contributed by atoms with Crippen molar-refractivity contribution in [2.75, 3.05) is 0 Å². The lowest BCUT2D eigenvalue weighted by Crippen LogP contribution is -2.33. The van der Waals surface area contributed by atoms with Crippen LogP contribution in [0.4, 0.5) is 0 Å². The van der Waals surface area contributed by atoms with E-state index in [1.54, 1.807) is 0 Å². The summed E-state index contributed by atoms with van der Waals surface area (Å²) >= 11 is 0. The van der Waals surface area contributed by atoms with Gasteiger partial charge >= 0.3 is 11.9 Å². The molecular weight excluding hydrogens is 232 g/mol. The molecule has 0 spiro atoms. The first-order chi connectivity index (χ1) is 8.49. The SMILES string of the molecule is CCC1C=CC(CC(=O)O)C(CC(=O)O)C1CC. The normalized spacial score (nSPS) is 31.2. The van der Waals surface area contributed by atoms with Crippen molar-refractivity contribution in [2.45, 2.75) is 39.5 Å². The average Bonchev–Trinajstić information content (AvgIpc) is 2.29. The van der Waals surface area contributed by atoms with Gasteiger partial charge in [0.15, 0.2) is 0 Å². The van der Waals surface area contributed by atoms with E-state index in [4.69, 9.17) is 10.2 Å². The van der Waals surface area contributed by atoms with Crippen molar-refractivity contribution < 1.29 is 19.8 Å². The van der Waals surface area contributed by atoms with Crippen molar-refractivity contribution in [3.63, 3.8) is 0 Å². The highest BCUT2D eigenvalue weighted by Crippen LogP contribution is 2.41. The topological polar surface area (TPSA) is 74.6 Å². The molecule has 0 heterocycles. The molecule has 0 aliphatic heterocycles. The van der Waals surface area contributed by atoms with Crippen LogP contribution < -0.4 is 0 Å². The lowest BCUT2D eigenvalue weighted by Gasteiger charge is -2.38. The molecule has 4 nitrogen and oxygen atoms in total. The molecule has 0 amide bonds. The summed E-state index contributed by atoms with van der Waals surface area (Å²) in [6.07, 6.45) is 5.97. The molecule has 18 heavy (non-hydrogen) atoms. The van der Waals surface area contributed by atoms with Crippen LogP contribution in [0.5, 0.6) is 0 Å². The van der Waals surface area contributed by atoms with Gasteiger partial charge in [-0.15, -0.1) is 0 Å². The van der Waals surface area contributed by atoms with Gasteiger partial charge in [-0.05, 0) is 30.1 Å². The Morgan fingerprint density at radius 3 is 1.89 bits per heavy atom. The van der Waals surface area contributed by atoms with Crippen molar-refractivity contribution in [2.24, 2.45) is 23.7 Å². The smallest absolute Gasteiger partial charge is 0.303 e. The van der Waals surface area contributed by atoms with Crippen molar-refractivity contribution >= 4 is 11.9 Å². The van der Waals surface area contributed by atoms with Gasteiger partial charge in [-0.2, -0.15) is 0 Å². The fourth-order valence-corrected chi connectivity index (χ4v) is 3.18. The number of hydrogen-bond acceptors (Lipinski definition) is 2. The lowest BCUT2D eigenvalue weighted by molar-refractivity contribution is -0.142.